The third-order valence-corrected chi connectivity index (χ3v) is 4.79. The first kappa shape index (κ1) is 12.4. The Bertz CT molecular complexity index is 199. The predicted molar refractivity (Wildman–Crippen MR) is 69.4 cm³/mol. The van der Waals surface area contributed by atoms with E-state index in [2.05, 4.69) is 11.8 Å². The van der Waals surface area contributed by atoms with Crippen molar-refractivity contribution in [3.05, 3.63) is 0 Å². The molecule has 2 heteroatoms. The molecule has 1 saturated heterocycles. The Morgan fingerprint density at radius 2 is 1.69 bits per heavy atom. The van der Waals surface area contributed by atoms with E-state index in [1.165, 1.54) is 57.9 Å². The van der Waals surface area contributed by atoms with Crippen LogP contribution in [0, 0.1) is 5.92 Å². The summed E-state index contributed by atoms with van der Waals surface area (Å²) in [5.41, 5.74) is 5.93. The van der Waals surface area contributed by atoms with Crippen LogP contribution in [0.2, 0.25) is 0 Å². The van der Waals surface area contributed by atoms with Crippen molar-refractivity contribution in [2.75, 3.05) is 13.1 Å². The largest absolute Gasteiger partial charge is 0.330 e. The molecule has 2 atom stereocenters. The zero-order chi connectivity index (χ0) is 11.4. The summed E-state index contributed by atoms with van der Waals surface area (Å²) in [6, 6.07) is 1.59. The van der Waals surface area contributed by atoms with E-state index in [9.17, 15) is 0 Å². The quantitative estimate of drug-likeness (QED) is 0.781. The number of hydrogen-bond acceptors (Lipinski definition) is 2. The SMILES string of the molecule is C[C@@H]1[C@@H](CN)CCCCN1C1CCCCC1. The van der Waals surface area contributed by atoms with Crippen molar-refractivity contribution in [3.8, 4) is 0 Å². The fourth-order valence-electron chi connectivity index (χ4n) is 3.66. The lowest BCUT2D eigenvalue weighted by atomic mass is 9.90. The van der Waals surface area contributed by atoms with Gasteiger partial charge in [0.1, 0.15) is 0 Å². The minimum atomic E-state index is 0.718. The topological polar surface area (TPSA) is 29.3 Å². The standard InChI is InChI=1S/C14H28N2/c1-12-13(11-15)7-5-6-10-16(12)14-8-3-2-4-9-14/h12-14H,2-11,15H2,1H3/t12-,13-/m1/s1. The van der Waals surface area contributed by atoms with Crippen molar-refractivity contribution in [2.24, 2.45) is 11.7 Å². The Hall–Kier alpha value is -0.0800. The summed E-state index contributed by atoms with van der Waals surface area (Å²) < 4.78 is 0. The molecule has 0 amide bonds. The number of likely N-dealkylation sites (tertiary alicyclic amines) is 1. The van der Waals surface area contributed by atoms with Gasteiger partial charge in [-0.25, -0.2) is 0 Å². The Kier molecular flexibility index (Phi) is 4.66. The maximum atomic E-state index is 5.93. The third kappa shape index (κ3) is 2.78. The number of nitrogens with two attached hydrogens (primary N) is 1. The second kappa shape index (κ2) is 6.02. The van der Waals surface area contributed by atoms with Gasteiger partial charge in [0, 0.05) is 12.1 Å². The molecule has 94 valence electrons. The monoisotopic (exact) mass is 224 g/mol. The van der Waals surface area contributed by atoms with Gasteiger partial charge in [0.2, 0.25) is 0 Å². The van der Waals surface area contributed by atoms with Crippen LogP contribution in [0.1, 0.15) is 58.3 Å². The molecule has 16 heavy (non-hydrogen) atoms. The first-order valence-corrected chi connectivity index (χ1v) is 7.28. The van der Waals surface area contributed by atoms with E-state index in [1.807, 2.05) is 0 Å². The van der Waals surface area contributed by atoms with Crippen LogP contribution in [0.15, 0.2) is 0 Å². The van der Waals surface area contributed by atoms with Crippen LogP contribution in [-0.2, 0) is 0 Å². The summed E-state index contributed by atoms with van der Waals surface area (Å²) >= 11 is 0. The summed E-state index contributed by atoms with van der Waals surface area (Å²) in [5, 5.41) is 0. The van der Waals surface area contributed by atoms with Gasteiger partial charge in [-0.2, -0.15) is 0 Å². The van der Waals surface area contributed by atoms with Crippen LogP contribution in [-0.4, -0.2) is 30.1 Å². The van der Waals surface area contributed by atoms with Gasteiger partial charge in [-0.3, -0.25) is 4.90 Å². The molecule has 2 nitrogen and oxygen atoms in total. The van der Waals surface area contributed by atoms with Crippen LogP contribution in [0.5, 0.6) is 0 Å². The summed E-state index contributed by atoms with van der Waals surface area (Å²) in [5.74, 6) is 0.740. The minimum Gasteiger partial charge on any atom is -0.330 e. The maximum absolute atomic E-state index is 5.93. The minimum absolute atomic E-state index is 0.718. The van der Waals surface area contributed by atoms with E-state index in [0.717, 1.165) is 24.5 Å². The molecular formula is C14H28N2. The van der Waals surface area contributed by atoms with Gasteiger partial charge in [0.05, 0.1) is 0 Å². The van der Waals surface area contributed by atoms with E-state index in [1.54, 1.807) is 0 Å². The van der Waals surface area contributed by atoms with Crippen molar-refractivity contribution < 1.29 is 0 Å². The average Bonchev–Trinajstić information content (AvgIpc) is 2.52. The summed E-state index contributed by atoms with van der Waals surface area (Å²) in [7, 11) is 0. The first-order chi connectivity index (χ1) is 7.83. The first-order valence-electron chi connectivity index (χ1n) is 7.28. The Morgan fingerprint density at radius 1 is 1.00 bits per heavy atom. The third-order valence-electron chi connectivity index (χ3n) is 4.79. The summed E-state index contributed by atoms with van der Waals surface area (Å²) in [4.78, 5) is 2.80. The number of rotatable bonds is 2. The van der Waals surface area contributed by atoms with Crippen LogP contribution in [0.25, 0.3) is 0 Å². The Balaban J connectivity index is 1.99. The van der Waals surface area contributed by atoms with E-state index in [4.69, 9.17) is 5.73 Å². The highest BCUT2D eigenvalue weighted by Gasteiger charge is 2.30. The second-order valence-electron chi connectivity index (χ2n) is 5.76. The molecule has 0 bridgehead atoms. The van der Waals surface area contributed by atoms with E-state index in [-0.39, 0.29) is 0 Å². The molecule has 0 unspecified atom stereocenters. The molecule has 0 spiro atoms. The van der Waals surface area contributed by atoms with Crippen molar-refractivity contribution in [2.45, 2.75) is 70.4 Å². The van der Waals surface area contributed by atoms with Crippen molar-refractivity contribution in [1.82, 2.24) is 4.90 Å². The van der Waals surface area contributed by atoms with Gasteiger partial charge in [-0.1, -0.05) is 25.7 Å². The second-order valence-corrected chi connectivity index (χ2v) is 5.76. The molecule has 0 radical (unpaired) electrons. The normalized spacial score (nSPS) is 34.9. The highest BCUT2D eigenvalue weighted by atomic mass is 15.2. The molecule has 1 aliphatic carbocycles. The van der Waals surface area contributed by atoms with Gasteiger partial charge in [-0.15, -0.1) is 0 Å². The molecular weight excluding hydrogens is 196 g/mol. The van der Waals surface area contributed by atoms with Crippen molar-refractivity contribution in [1.29, 1.82) is 0 Å². The van der Waals surface area contributed by atoms with E-state index in [0.29, 0.717) is 0 Å². The molecule has 2 rings (SSSR count). The maximum Gasteiger partial charge on any atom is 0.0110 e. The van der Waals surface area contributed by atoms with E-state index < -0.39 is 0 Å². The molecule has 0 aromatic rings. The highest BCUT2D eigenvalue weighted by molar-refractivity contribution is 4.86. The van der Waals surface area contributed by atoms with E-state index >= 15 is 0 Å². The van der Waals surface area contributed by atoms with Gasteiger partial charge in [0.15, 0.2) is 0 Å². The average molecular weight is 224 g/mol. The summed E-state index contributed by atoms with van der Waals surface area (Å²) in [6.07, 6.45) is 11.3. The Morgan fingerprint density at radius 3 is 2.38 bits per heavy atom. The van der Waals surface area contributed by atoms with Crippen LogP contribution >= 0.6 is 0 Å². The molecule has 2 fully saturated rings. The molecule has 0 aromatic heterocycles. The predicted octanol–water partition coefficient (Wildman–Crippen LogP) is 2.77. The van der Waals surface area contributed by atoms with Gasteiger partial charge < -0.3 is 5.73 Å². The zero-order valence-corrected chi connectivity index (χ0v) is 10.8. The summed E-state index contributed by atoms with van der Waals surface area (Å²) in [6.45, 7) is 4.62. The molecule has 2 N–H and O–H groups in total. The van der Waals surface area contributed by atoms with Crippen molar-refractivity contribution in [3.63, 3.8) is 0 Å². The lowest BCUT2D eigenvalue weighted by molar-refractivity contribution is 0.0913. The van der Waals surface area contributed by atoms with Gasteiger partial charge >= 0.3 is 0 Å². The zero-order valence-electron chi connectivity index (χ0n) is 10.8. The fraction of sp³-hybridized carbons (Fsp3) is 1.00. The smallest absolute Gasteiger partial charge is 0.0110 e. The number of hydrogen-bond donors (Lipinski definition) is 1. The molecule has 1 aliphatic heterocycles. The molecule has 0 aromatic carbocycles. The van der Waals surface area contributed by atoms with Gasteiger partial charge in [-0.05, 0) is 51.6 Å². The fourth-order valence-corrected chi connectivity index (χ4v) is 3.66. The van der Waals surface area contributed by atoms with Crippen LogP contribution in [0.3, 0.4) is 0 Å². The number of nitrogens with zero attached hydrogens (tertiary/aromatic N) is 1. The lowest BCUT2D eigenvalue weighted by Gasteiger charge is -2.40. The van der Waals surface area contributed by atoms with Crippen LogP contribution < -0.4 is 5.73 Å². The molecule has 2 aliphatic rings. The Labute approximate surface area is 101 Å². The highest BCUT2D eigenvalue weighted by Crippen LogP contribution is 2.30. The molecule has 1 saturated carbocycles. The van der Waals surface area contributed by atoms with Gasteiger partial charge in [0.25, 0.3) is 0 Å². The van der Waals surface area contributed by atoms with Crippen LogP contribution in [0.4, 0.5) is 0 Å². The molecule has 1 heterocycles. The lowest BCUT2D eigenvalue weighted by Crippen LogP contribution is -2.46. The van der Waals surface area contributed by atoms with Crippen molar-refractivity contribution >= 4 is 0 Å².